The second kappa shape index (κ2) is 8.38. The molecule has 2 aromatic rings. The second-order valence-corrected chi connectivity index (χ2v) is 8.01. The maximum absolute atomic E-state index is 13.5. The van der Waals surface area contributed by atoms with Gasteiger partial charge in [-0.2, -0.15) is 0 Å². The molecule has 2 aliphatic heterocycles. The first-order valence-electron chi connectivity index (χ1n) is 9.72. The van der Waals surface area contributed by atoms with Gasteiger partial charge in [-0.1, -0.05) is 42.3 Å². The molecule has 0 atom stereocenters. The van der Waals surface area contributed by atoms with Crippen molar-refractivity contribution in [2.75, 3.05) is 37.6 Å². The largest absolute Gasteiger partial charge is 0.364 e. The molecule has 2 aliphatic rings. The number of hydrogen-bond donors (Lipinski definition) is 0. The monoisotopic (exact) mass is 447 g/mol. The van der Waals surface area contributed by atoms with E-state index < -0.39 is 17.6 Å². The Morgan fingerprint density at radius 1 is 0.900 bits per heavy atom. The van der Waals surface area contributed by atoms with Crippen molar-refractivity contribution in [1.29, 1.82) is 0 Å². The van der Waals surface area contributed by atoms with Crippen LogP contribution in [0.1, 0.15) is 12.5 Å². The Labute approximate surface area is 184 Å². The van der Waals surface area contributed by atoms with E-state index in [1.54, 1.807) is 12.1 Å². The van der Waals surface area contributed by atoms with Crippen molar-refractivity contribution in [3.05, 3.63) is 69.6 Å². The van der Waals surface area contributed by atoms with Crippen LogP contribution < -0.4 is 4.90 Å². The molecule has 0 unspecified atom stereocenters. The van der Waals surface area contributed by atoms with Crippen LogP contribution in [0.4, 0.5) is 10.1 Å². The van der Waals surface area contributed by atoms with Gasteiger partial charge >= 0.3 is 0 Å². The van der Waals surface area contributed by atoms with Crippen molar-refractivity contribution in [1.82, 2.24) is 9.80 Å². The van der Waals surface area contributed by atoms with Gasteiger partial charge in [0.1, 0.15) is 11.5 Å². The van der Waals surface area contributed by atoms with Crippen molar-refractivity contribution < 1.29 is 14.0 Å². The predicted octanol–water partition coefficient (Wildman–Crippen LogP) is 4.05. The van der Waals surface area contributed by atoms with Crippen molar-refractivity contribution in [2.24, 2.45) is 0 Å². The Bertz CT molecular complexity index is 1030. The first kappa shape index (κ1) is 20.8. The molecule has 0 aliphatic carbocycles. The minimum Gasteiger partial charge on any atom is -0.364 e. The van der Waals surface area contributed by atoms with Crippen LogP contribution in [0.25, 0.3) is 5.57 Å². The zero-order valence-corrected chi connectivity index (χ0v) is 17.9. The highest BCUT2D eigenvalue weighted by Crippen LogP contribution is 2.37. The van der Waals surface area contributed by atoms with E-state index in [2.05, 4.69) is 11.8 Å². The molecule has 2 heterocycles. The van der Waals surface area contributed by atoms with Gasteiger partial charge in [0.05, 0.1) is 21.3 Å². The lowest BCUT2D eigenvalue weighted by molar-refractivity contribution is -0.120. The topological polar surface area (TPSA) is 43.9 Å². The van der Waals surface area contributed by atoms with E-state index in [-0.39, 0.29) is 10.6 Å². The summed E-state index contributed by atoms with van der Waals surface area (Å²) in [6.07, 6.45) is 0. The molecule has 5 nitrogen and oxygen atoms in total. The van der Waals surface area contributed by atoms with Gasteiger partial charge in [-0.15, -0.1) is 0 Å². The van der Waals surface area contributed by atoms with E-state index in [9.17, 15) is 14.0 Å². The molecule has 2 amide bonds. The summed E-state index contributed by atoms with van der Waals surface area (Å²) in [4.78, 5) is 32.2. The highest BCUT2D eigenvalue weighted by atomic mass is 35.5. The maximum Gasteiger partial charge on any atom is 0.282 e. The van der Waals surface area contributed by atoms with E-state index in [0.29, 0.717) is 35.1 Å². The summed E-state index contributed by atoms with van der Waals surface area (Å²) in [7, 11) is 0. The molecule has 0 saturated carbocycles. The summed E-state index contributed by atoms with van der Waals surface area (Å²) in [6, 6.07) is 10.3. The van der Waals surface area contributed by atoms with Gasteiger partial charge < -0.3 is 9.80 Å². The first-order chi connectivity index (χ1) is 14.4. The Morgan fingerprint density at radius 3 is 2.17 bits per heavy atom. The number of carbonyl (C=O) groups is 2. The quantitative estimate of drug-likeness (QED) is 0.662. The van der Waals surface area contributed by atoms with Crippen LogP contribution in [0, 0.1) is 5.82 Å². The summed E-state index contributed by atoms with van der Waals surface area (Å²) >= 11 is 12.1. The molecule has 2 aromatic carbocycles. The fraction of sp³-hybridized carbons (Fsp3) is 0.273. The zero-order valence-electron chi connectivity index (χ0n) is 16.4. The zero-order chi connectivity index (χ0) is 21.4. The lowest BCUT2D eigenvalue weighted by atomic mass is 10.0. The summed E-state index contributed by atoms with van der Waals surface area (Å²) in [5.74, 6) is -1.28. The summed E-state index contributed by atoms with van der Waals surface area (Å²) in [5.41, 5.74) is 1.47. The number of benzene rings is 2. The predicted molar refractivity (Wildman–Crippen MR) is 116 cm³/mol. The van der Waals surface area contributed by atoms with Crippen LogP contribution in [0.2, 0.25) is 10.0 Å². The number of rotatable bonds is 4. The Kier molecular flexibility index (Phi) is 5.82. The first-order valence-corrected chi connectivity index (χ1v) is 10.5. The molecule has 1 fully saturated rings. The smallest absolute Gasteiger partial charge is 0.282 e. The van der Waals surface area contributed by atoms with Crippen LogP contribution in [-0.4, -0.2) is 54.3 Å². The molecule has 156 valence electrons. The van der Waals surface area contributed by atoms with Gasteiger partial charge in [0, 0.05) is 26.2 Å². The van der Waals surface area contributed by atoms with Gasteiger partial charge in [0.25, 0.3) is 11.8 Å². The minimum atomic E-state index is -0.460. The fourth-order valence-electron chi connectivity index (χ4n) is 3.83. The molecule has 1 saturated heterocycles. The molecule has 0 bridgehead atoms. The van der Waals surface area contributed by atoms with Gasteiger partial charge in [-0.3, -0.25) is 9.59 Å². The lowest BCUT2D eigenvalue weighted by Gasteiger charge is -2.36. The molecule has 0 N–H and O–H groups in total. The van der Waals surface area contributed by atoms with Crippen molar-refractivity contribution >= 4 is 46.3 Å². The highest BCUT2D eigenvalue weighted by molar-refractivity contribution is 6.46. The fourth-order valence-corrected chi connectivity index (χ4v) is 4.13. The number of hydrogen-bond acceptors (Lipinski definition) is 4. The Balaban J connectivity index is 1.78. The number of anilines is 1. The van der Waals surface area contributed by atoms with Crippen LogP contribution in [0.5, 0.6) is 0 Å². The van der Waals surface area contributed by atoms with E-state index in [1.165, 1.54) is 30.3 Å². The van der Waals surface area contributed by atoms with Crippen LogP contribution in [0.15, 0.2) is 48.2 Å². The average Bonchev–Trinajstić information content (AvgIpc) is 3.01. The number of likely N-dealkylation sites (N-methyl/N-ethyl adjacent to an activating group) is 1. The van der Waals surface area contributed by atoms with Gasteiger partial charge in [0.15, 0.2) is 0 Å². The minimum absolute atomic E-state index is 0.253. The van der Waals surface area contributed by atoms with E-state index in [4.69, 9.17) is 23.2 Å². The lowest BCUT2D eigenvalue weighted by Crippen LogP contribution is -2.47. The normalized spacial score (nSPS) is 18.0. The Hall–Kier alpha value is -2.41. The van der Waals surface area contributed by atoms with Crippen molar-refractivity contribution in [2.45, 2.75) is 6.92 Å². The maximum atomic E-state index is 13.5. The standard InChI is InChI=1S/C22H20Cl2FN3O2/c1-2-26-9-11-27(12-10-26)20-19(14-3-5-15(25)6-4-14)21(29)28(22(20)30)16-7-8-17(23)18(24)13-16/h3-8,13H,2,9-12H2,1H3. The molecular formula is C22H20Cl2FN3O2. The van der Waals surface area contributed by atoms with E-state index in [1.807, 2.05) is 4.90 Å². The van der Waals surface area contributed by atoms with Gasteiger partial charge in [-0.25, -0.2) is 9.29 Å². The van der Waals surface area contributed by atoms with Crippen molar-refractivity contribution in [3.8, 4) is 0 Å². The SMILES string of the molecule is CCN1CCN(C2=C(c3ccc(F)cc3)C(=O)N(c3ccc(Cl)c(Cl)c3)C2=O)CC1. The second-order valence-electron chi connectivity index (χ2n) is 7.20. The summed E-state index contributed by atoms with van der Waals surface area (Å²) in [5, 5.41) is 0.588. The van der Waals surface area contributed by atoms with Crippen LogP contribution >= 0.6 is 23.2 Å². The third-order valence-corrected chi connectivity index (χ3v) is 6.23. The average molecular weight is 448 g/mol. The number of halogens is 3. The van der Waals surface area contributed by atoms with Gasteiger partial charge in [-0.05, 0) is 42.4 Å². The third kappa shape index (κ3) is 3.71. The third-order valence-electron chi connectivity index (χ3n) is 5.49. The number of nitrogens with zero attached hydrogens (tertiary/aromatic N) is 3. The number of imide groups is 1. The number of carbonyl (C=O) groups excluding carboxylic acids is 2. The van der Waals surface area contributed by atoms with Crippen molar-refractivity contribution in [3.63, 3.8) is 0 Å². The molecule has 4 rings (SSSR count). The molecule has 8 heteroatoms. The highest BCUT2D eigenvalue weighted by Gasteiger charge is 2.43. The van der Waals surface area contributed by atoms with Gasteiger partial charge in [0.2, 0.25) is 0 Å². The van der Waals surface area contributed by atoms with E-state index in [0.717, 1.165) is 24.5 Å². The molecular weight excluding hydrogens is 428 g/mol. The number of amides is 2. The molecule has 0 radical (unpaired) electrons. The Morgan fingerprint density at radius 2 is 1.57 bits per heavy atom. The van der Waals surface area contributed by atoms with E-state index >= 15 is 0 Å². The summed E-state index contributed by atoms with van der Waals surface area (Å²) < 4.78 is 13.5. The van der Waals surface area contributed by atoms with Crippen LogP contribution in [0.3, 0.4) is 0 Å². The number of piperazine rings is 1. The summed E-state index contributed by atoms with van der Waals surface area (Å²) in [6.45, 7) is 5.87. The molecule has 0 spiro atoms. The molecule has 0 aromatic heterocycles. The molecule has 30 heavy (non-hydrogen) atoms. The van der Waals surface area contributed by atoms with Crippen LogP contribution in [-0.2, 0) is 9.59 Å².